The third-order valence-electron chi connectivity index (χ3n) is 5.03. The largest absolute Gasteiger partial charge is 0.326 e. The summed E-state index contributed by atoms with van der Waals surface area (Å²) >= 11 is 12.0. The Morgan fingerprint density at radius 2 is 1.81 bits per heavy atom. The summed E-state index contributed by atoms with van der Waals surface area (Å²) in [5.41, 5.74) is 2.62. The fourth-order valence-electron chi connectivity index (χ4n) is 3.59. The molecule has 0 saturated heterocycles. The highest BCUT2D eigenvalue weighted by Gasteiger charge is 2.35. The number of aromatic amines is 1. The van der Waals surface area contributed by atoms with Gasteiger partial charge in [-0.25, -0.2) is 0 Å². The summed E-state index contributed by atoms with van der Waals surface area (Å²) in [5, 5.41) is 9.09. The van der Waals surface area contributed by atoms with Gasteiger partial charge in [0.15, 0.2) is 0 Å². The van der Waals surface area contributed by atoms with E-state index in [-0.39, 0.29) is 23.8 Å². The molecule has 4 rings (SSSR count). The smallest absolute Gasteiger partial charge is 0.258 e. The number of fused-ring (bicyclic) bond motifs is 1. The Kier molecular flexibility index (Phi) is 5.90. The van der Waals surface area contributed by atoms with Crippen LogP contribution in [-0.2, 0) is 9.59 Å². The topological polar surface area (TPSA) is 116 Å². The summed E-state index contributed by atoms with van der Waals surface area (Å²) in [5.74, 6) is -1.74. The van der Waals surface area contributed by atoms with Crippen molar-refractivity contribution in [3.63, 3.8) is 0 Å². The Bertz CT molecular complexity index is 1280. The third-order valence-corrected chi connectivity index (χ3v) is 5.47. The van der Waals surface area contributed by atoms with Crippen LogP contribution in [0.25, 0.3) is 0 Å². The number of hydrogen-bond acceptors (Lipinski definition) is 5. The Labute approximate surface area is 193 Å². The van der Waals surface area contributed by atoms with Crippen molar-refractivity contribution >= 4 is 58.2 Å². The molecule has 1 aliphatic heterocycles. The van der Waals surface area contributed by atoms with Crippen molar-refractivity contribution in [2.75, 3.05) is 16.0 Å². The number of hydrogen-bond donors (Lipinski definition) is 4. The van der Waals surface area contributed by atoms with E-state index < -0.39 is 23.3 Å². The van der Waals surface area contributed by atoms with Crippen LogP contribution in [0.15, 0.2) is 41.2 Å². The van der Waals surface area contributed by atoms with Crippen LogP contribution in [0.2, 0.25) is 10.0 Å². The average Bonchev–Trinajstić information content (AvgIpc) is 2.68. The average molecular weight is 472 g/mol. The van der Waals surface area contributed by atoms with Crippen LogP contribution in [0.4, 0.5) is 23.1 Å². The van der Waals surface area contributed by atoms with Crippen molar-refractivity contribution in [1.82, 2.24) is 9.97 Å². The van der Waals surface area contributed by atoms with Crippen LogP contribution in [-0.4, -0.2) is 21.8 Å². The second kappa shape index (κ2) is 8.64. The van der Waals surface area contributed by atoms with Gasteiger partial charge in [0.2, 0.25) is 17.8 Å². The van der Waals surface area contributed by atoms with Gasteiger partial charge in [-0.2, -0.15) is 4.98 Å². The van der Waals surface area contributed by atoms with Crippen molar-refractivity contribution in [2.45, 2.75) is 26.2 Å². The van der Waals surface area contributed by atoms with Gasteiger partial charge >= 0.3 is 0 Å². The van der Waals surface area contributed by atoms with Crippen molar-refractivity contribution in [3.05, 3.63) is 73.5 Å². The van der Waals surface area contributed by atoms with E-state index in [0.717, 1.165) is 11.1 Å². The molecule has 0 radical (unpaired) electrons. The van der Waals surface area contributed by atoms with Gasteiger partial charge in [0, 0.05) is 27.8 Å². The molecule has 32 heavy (non-hydrogen) atoms. The number of anilines is 4. The molecule has 0 spiro atoms. The van der Waals surface area contributed by atoms with E-state index in [1.807, 2.05) is 26.0 Å². The minimum absolute atomic E-state index is 0.0291. The maximum Gasteiger partial charge on any atom is 0.258 e. The minimum atomic E-state index is -0.981. The SMILES string of the molecule is Cc1ccc(NC(=O)[C@@H]2CC(=O)Nc3nc(Nc4cc(Cl)cc(Cl)c4)[nH]c(=O)c32)c(C)c1. The predicted octanol–water partition coefficient (Wildman–Crippen LogP) is 4.50. The summed E-state index contributed by atoms with van der Waals surface area (Å²) < 4.78 is 0. The molecule has 8 nitrogen and oxygen atoms in total. The molecule has 0 fully saturated rings. The van der Waals surface area contributed by atoms with E-state index in [0.29, 0.717) is 21.4 Å². The highest BCUT2D eigenvalue weighted by atomic mass is 35.5. The Morgan fingerprint density at radius 1 is 1.09 bits per heavy atom. The molecule has 0 aliphatic carbocycles. The molecule has 164 valence electrons. The first-order valence-electron chi connectivity index (χ1n) is 9.75. The molecule has 4 N–H and O–H groups in total. The van der Waals surface area contributed by atoms with Crippen molar-refractivity contribution in [2.24, 2.45) is 0 Å². The zero-order chi connectivity index (χ0) is 23.0. The number of H-pyrrole nitrogens is 1. The fourth-order valence-corrected chi connectivity index (χ4v) is 4.12. The van der Waals surface area contributed by atoms with Crippen molar-refractivity contribution in [3.8, 4) is 0 Å². The third kappa shape index (κ3) is 4.61. The van der Waals surface area contributed by atoms with Crippen molar-refractivity contribution in [1.29, 1.82) is 0 Å². The monoisotopic (exact) mass is 471 g/mol. The van der Waals surface area contributed by atoms with Crippen molar-refractivity contribution < 1.29 is 9.59 Å². The molecule has 2 amide bonds. The maximum atomic E-state index is 13.0. The van der Waals surface area contributed by atoms with E-state index in [2.05, 4.69) is 25.9 Å². The summed E-state index contributed by atoms with van der Waals surface area (Å²) in [6.45, 7) is 3.83. The number of carbonyl (C=O) groups excluding carboxylic acids is 2. The van der Waals surface area contributed by atoms with Gasteiger partial charge in [-0.1, -0.05) is 40.9 Å². The quantitative estimate of drug-likeness (QED) is 0.446. The number of rotatable bonds is 4. The lowest BCUT2D eigenvalue weighted by Gasteiger charge is -2.24. The number of carbonyl (C=O) groups is 2. The van der Waals surface area contributed by atoms with Crippen LogP contribution >= 0.6 is 23.2 Å². The molecule has 10 heteroatoms. The van der Waals surface area contributed by atoms with Crippen LogP contribution < -0.4 is 21.5 Å². The number of aromatic nitrogens is 2. The first-order chi connectivity index (χ1) is 15.2. The molecule has 0 saturated carbocycles. The highest BCUT2D eigenvalue weighted by molar-refractivity contribution is 6.35. The lowest BCUT2D eigenvalue weighted by Crippen LogP contribution is -2.36. The standard InChI is InChI=1S/C22H19Cl2N5O3/c1-10-3-4-16(11(2)5-10)26-20(31)15-9-17(30)27-19-18(15)21(32)29-22(28-19)25-14-7-12(23)6-13(24)8-14/h3-8,15H,9H2,1-2H3,(H,26,31)(H3,25,27,28,29,30,32)/t15-/m1/s1. The summed E-state index contributed by atoms with van der Waals surface area (Å²) in [6, 6.07) is 10.4. The van der Waals surface area contributed by atoms with Gasteiger partial charge in [0.1, 0.15) is 5.82 Å². The zero-order valence-corrected chi connectivity index (χ0v) is 18.7. The van der Waals surface area contributed by atoms with Gasteiger partial charge in [0.25, 0.3) is 5.56 Å². The van der Waals surface area contributed by atoms with E-state index in [4.69, 9.17) is 23.2 Å². The van der Waals surface area contributed by atoms with E-state index >= 15 is 0 Å². The number of benzene rings is 2. The summed E-state index contributed by atoms with van der Waals surface area (Å²) in [7, 11) is 0. The lowest BCUT2D eigenvalue weighted by atomic mass is 9.92. The summed E-state index contributed by atoms with van der Waals surface area (Å²) in [6.07, 6.45) is -0.162. The lowest BCUT2D eigenvalue weighted by molar-refractivity contribution is -0.123. The minimum Gasteiger partial charge on any atom is -0.326 e. The molecule has 1 aliphatic rings. The Balaban J connectivity index is 1.65. The molecule has 2 heterocycles. The number of nitrogens with one attached hydrogen (secondary N) is 4. The molecule has 3 aromatic rings. The predicted molar refractivity (Wildman–Crippen MR) is 125 cm³/mol. The molecule has 0 unspecified atom stereocenters. The zero-order valence-electron chi connectivity index (χ0n) is 17.2. The van der Waals surface area contributed by atoms with E-state index in [1.165, 1.54) is 0 Å². The number of amides is 2. The molecular weight excluding hydrogens is 453 g/mol. The molecule has 1 aromatic heterocycles. The van der Waals surface area contributed by atoms with Gasteiger partial charge in [0.05, 0.1) is 11.5 Å². The summed E-state index contributed by atoms with van der Waals surface area (Å²) in [4.78, 5) is 45.0. The fraction of sp³-hybridized carbons (Fsp3) is 0.182. The second-order valence-corrected chi connectivity index (χ2v) is 8.45. The van der Waals surface area contributed by atoms with Gasteiger partial charge in [-0.15, -0.1) is 0 Å². The number of halogens is 2. The normalized spacial score (nSPS) is 15.0. The van der Waals surface area contributed by atoms with Gasteiger partial charge in [-0.05, 0) is 43.7 Å². The van der Waals surface area contributed by atoms with Crippen LogP contribution in [0, 0.1) is 13.8 Å². The van der Waals surface area contributed by atoms with E-state index in [1.54, 1.807) is 24.3 Å². The Hall–Kier alpha value is -3.36. The van der Waals surface area contributed by atoms with Crippen LogP contribution in [0.5, 0.6) is 0 Å². The van der Waals surface area contributed by atoms with E-state index in [9.17, 15) is 14.4 Å². The molecule has 1 atom stereocenters. The number of aryl methyl sites for hydroxylation is 2. The van der Waals surface area contributed by atoms with Gasteiger partial charge in [-0.3, -0.25) is 19.4 Å². The second-order valence-electron chi connectivity index (χ2n) is 7.57. The number of nitrogens with zero attached hydrogens (tertiary/aromatic N) is 1. The molecule has 0 bridgehead atoms. The van der Waals surface area contributed by atoms with Crippen LogP contribution in [0.1, 0.15) is 29.0 Å². The maximum absolute atomic E-state index is 13.0. The first kappa shape index (κ1) is 21.9. The molecule has 2 aromatic carbocycles. The highest BCUT2D eigenvalue weighted by Crippen LogP contribution is 2.31. The Morgan fingerprint density at radius 3 is 2.50 bits per heavy atom. The molecular formula is C22H19Cl2N5O3. The van der Waals surface area contributed by atoms with Crippen LogP contribution in [0.3, 0.4) is 0 Å². The van der Waals surface area contributed by atoms with Gasteiger partial charge < -0.3 is 16.0 Å². The first-order valence-corrected chi connectivity index (χ1v) is 10.5.